The first-order valence-corrected chi connectivity index (χ1v) is 18.8. The Labute approximate surface area is 282 Å². The number of rotatable bonds is 11. The summed E-state index contributed by atoms with van der Waals surface area (Å²) in [5.41, 5.74) is 4.92. The van der Waals surface area contributed by atoms with E-state index in [0.717, 1.165) is 61.2 Å². The van der Waals surface area contributed by atoms with Gasteiger partial charge in [0.15, 0.2) is 0 Å². The Morgan fingerprint density at radius 1 is 0.872 bits per heavy atom. The summed E-state index contributed by atoms with van der Waals surface area (Å²) in [6.45, 7) is 8.21. The van der Waals surface area contributed by atoms with E-state index in [1.807, 2.05) is 47.4 Å². The maximum Gasteiger partial charge on any atom is 0.264 e. The molecule has 1 N–H and O–H groups in total. The number of sulfonamides is 1. The number of para-hydroxylation sites is 1. The summed E-state index contributed by atoms with van der Waals surface area (Å²) in [5.74, 6) is -0.412. The van der Waals surface area contributed by atoms with Crippen LogP contribution >= 0.6 is 11.3 Å². The molecule has 6 rings (SSSR count). The molecule has 1 aromatic heterocycles. The van der Waals surface area contributed by atoms with Crippen LogP contribution in [0.15, 0.2) is 83.8 Å². The van der Waals surface area contributed by atoms with Crippen LogP contribution in [0.5, 0.6) is 0 Å². The van der Waals surface area contributed by atoms with E-state index in [1.165, 1.54) is 33.3 Å². The molecule has 0 atom stereocenters. The Kier molecular flexibility index (Phi) is 10.1. The molecular weight excluding hydrogens is 629 g/mol. The number of fused-ring (bicyclic) bond motifs is 2. The number of nitrogens with zero attached hydrogens (tertiary/aromatic N) is 3. The zero-order valence-corrected chi connectivity index (χ0v) is 28.7. The summed E-state index contributed by atoms with van der Waals surface area (Å²) in [4.78, 5) is 33.2. The smallest absolute Gasteiger partial charge is 0.264 e. The molecule has 0 spiro atoms. The third-order valence-corrected chi connectivity index (χ3v) is 11.8. The van der Waals surface area contributed by atoms with Gasteiger partial charge < -0.3 is 10.2 Å². The molecule has 3 heterocycles. The van der Waals surface area contributed by atoms with Crippen molar-refractivity contribution >= 4 is 43.9 Å². The molecule has 0 saturated heterocycles. The van der Waals surface area contributed by atoms with Gasteiger partial charge in [-0.2, -0.15) is 0 Å². The first kappa shape index (κ1) is 32.9. The van der Waals surface area contributed by atoms with Gasteiger partial charge >= 0.3 is 0 Å². The van der Waals surface area contributed by atoms with E-state index in [4.69, 9.17) is 0 Å². The lowest BCUT2D eigenvalue weighted by Gasteiger charge is -2.30. The van der Waals surface area contributed by atoms with Gasteiger partial charge in [0.1, 0.15) is 5.00 Å². The van der Waals surface area contributed by atoms with Gasteiger partial charge in [0, 0.05) is 49.7 Å². The Morgan fingerprint density at radius 3 is 2.30 bits per heavy atom. The second-order valence-electron chi connectivity index (χ2n) is 12.2. The molecule has 0 bridgehead atoms. The zero-order chi connectivity index (χ0) is 33.0. The van der Waals surface area contributed by atoms with E-state index in [2.05, 4.69) is 36.2 Å². The van der Waals surface area contributed by atoms with Gasteiger partial charge in [-0.3, -0.25) is 18.8 Å². The number of carbonyl (C=O) groups excluding carboxylic acids is 2. The largest absolute Gasteiger partial charge is 0.339 e. The van der Waals surface area contributed by atoms with Crippen LogP contribution < -0.4 is 9.62 Å². The summed E-state index contributed by atoms with van der Waals surface area (Å²) in [7, 11) is -3.80. The van der Waals surface area contributed by atoms with Gasteiger partial charge in [-0.15, -0.1) is 11.3 Å². The van der Waals surface area contributed by atoms with Crippen LogP contribution in [0.2, 0.25) is 0 Å². The molecule has 3 aromatic carbocycles. The van der Waals surface area contributed by atoms with Crippen LogP contribution in [-0.4, -0.2) is 56.2 Å². The second-order valence-corrected chi connectivity index (χ2v) is 15.2. The van der Waals surface area contributed by atoms with Crippen molar-refractivity contribution in [3.05, 3.63) is 112 Å². The molecule has 2 aliphatic heterocycles. The number of hydrogen-bond acceptors (Lipinski definition) is 6. The second kappa shape index (κ2) is 14.4. The summed E-state index contributed by atoms with van der Waals surface area (Å²) in [6, 6.07) is 24.1. The van der Waals surface area contributed by atoms with Gasteiger partial charge in [-0.05, 0) is 79.1 Å². The van der Waals surface area contributed by atoms with Crippen molar-refractivity contribution in [2.24, 2.45) is 0 Å². The molecule has 8 nitrogen and oxygen atoms in total. The molecule has 10 heteroatoms. The number of anilines is 2. The minimum Gasteiger partial charge on any atom is -0.339 e. The number of carbonyl (C=O) groups is 2. The number of hydrogen-bond donors (Lipinski definition) is 1. The van der Waals surface area contributed by atoms with Crippen LogP contribution in [0.1, 0.15) is 75.4 Å². The van der Waals surface area contributed by atoms with Crippen molar-refractivity contribution in [2.75, 3.05) is 35.8 Å². The van der Waals surface area contributed by atoms with Gasteiger partial charge in [-0.25, -0.2) is 8.42 Å². The van der Waals surface area contributed by atoms with Crippen LogP contribution in [0, 0.1) is 0 Å². The van der Waals surface area contributed by atoms with Crippen molar-refractivity contribution in [1.82, 2.24) is 9.80 Å². The van der Waals surface area contributed by atoms with E-state index >= 15 is 0 Å². The highest BCUT2D eigenvalue weighted by atomic mass is 32.2. The minimum absolute atomic E-state index is 0.0405. The molecule has 2 amide bonds. The Balaban J connectivity index is 1.25. The van der Waals surface area contributed by atoms with Crippen LogP contribution in [-0.2, 0) is 36.0 Å². The molecular formula is C37H42N4O4S2. The fourth-order valence-electron chi connectivity index (χ4n) is 6.59. The molecule has 0 aliphatic carbocycles. The van der Waals surface area contributed by atoms with Crippen LogP contribution in [0.3, 0.4) is 0 Å². The third-order valence-electron chi connectivity index (χ3n) is 8.87. The Bertz CT molecular complexity index is 1830. The lowest BCUT2D eigenvalue weighted by molar-refractivity contribution is 0.0755. The average Bonchev–Trinajstić information content (AvgIpc) is 3.44. The lowest BCUT2D eigenvalue weighted by Crippen LogP contribution is -2.35. The summed E-state index contributed by atoms with van der Waals surface area (Å²) < 4.78 is 28.8. The molecule has 47 heavy (non-hydrogen) atoms. The van der Waals surface area contributed by atoms with Crippen LogP contribution in [0.4, 0.5) is 10.7 Å². The highest BCUT2D eigenvalue weighted by Gasteiger charge is 2.32. The Hall–Kier alpha value is -3.99. The maximum absolute atomic E-state index is 14.1. The normalized spacial score (nSPS) is 14.7. The maximum atomic E-state index is 14.1. The van der Waals surface area contributed by atoms with Gasteiger partial charge in [0.25, 0.3) is 21.8 Å². The quantitative estimate of drug-likeness (QED) is 0.186. The number of thiophene rings is 1. The molecule has 0 fully saturated rings. The minimum atomic E-state index is -3.80. The molecule has 246 valence electrons. The summed E-state index contributed by atoms with van der Waals surface area (Å²) in [5, 5.41) is 3.62. The number of amides is 2. The van der Waals surface area contributed by atoms with Gasteiger partial charge in [0.2, 0.25) is 0 Å². The number of aryl methyl sites for hydroxylation is 1. The monoisotopic (exact) mass is 670 g/mol. The van der Waals surface area contributed by atoms with Crippen LogP contribution in [0.25, 0.3) is 0 Å². The predicted octanol–water partition coefficient (Wildman–Crippen LogP) is 6.96. The molecule has 0 radical (unpaired) electrons. The number of benzene rings is 3. The summed E-state index contributed by atoms with van der Waals surface area (Å²) in [6.07, 6.45) is 4.03. The van der Waals surface area contributed by atoms with Crippen molar-refractivity contribution in [3.8, 4) is 0 Å². The molecule has 4 aromatic rings. The first-order valence-electron chi connectivity index (χ1n) is 16.5. The standard InChI is InChI=1S/C37H42N4O4S2/c1-3-21-40(22-4-2)37(43)34-31-20-24-39(25-27-11-6-5-7-12-27)26-33(31)46-36(34)38-35(42)29-16-18-30(19-17-29)47(44,45)41-23-10-14-28-13-8-9-15-32(28)41/h5-9,11-13,15-19H,3-4,10,14,20-26H2,1-2H3,(H,38,42). The highest BCUT2D eigenvalue weighted by Crippen LogP contribution is 2.39. The predicted molar refractivity (Wildman–Crippen MR) is 189 cm³/mol. The molecule has 2 aliphatic rings. The van der Waals surface area contributed by atoms with Crippen molar-refractivity contribution in [2.45, 2.75) is 63.9 Å². The number of nitrogens with one attached hydrogen (secondary N) is 1. The van der Waals surface area contributed by atoms with E-state index < -0.39 is 10.0 Å². The SMILES string of the molecule is CCCN(CCC)C(=O)c1c(NC(=O)c2ccc(S(=O)(=O)N3CCCc4ccccc43)cc2)sc2c1CCN(Cc1ccccc1)C2. The molecule has 0 saturated carbocycles. The molecule has 0 unspecified atom stereocenters. The van der Waals surface area contributed by atoms with E-state index in [1.54, 1.807) is 12.1 Å². The van der Waals surface area contributed by atoms with E-state index in [0.29, 0.717) is 48.0 Å². The Morgan fingerprint density at radius 2 is 1.57 bits per heavy atom. The summed E-state index contributed by atoms with van der Waals surface area (Å²) >= 11 is 1.48. The fraction of sp³-hybridized carbons (Fsp3) is 0.351. The van der Waals surface area contributed by atoms with Crippen molar-refractivity contribution in [3.63, 3.8) is 0 Å². The third kappa shape index (κ3) is 7.00. The first-order chi connectivity index (χ1) is 22.8. The van der Waals surface area contributed by atoms with Gasteiger partial charge in [0.05, 0.1) is 16.1 Å². The highest BCUT2D eigenvalue weighted by molar-refractivity contribution is 7.92. The fourth-order valence-corrected chi connectivity index (χ4v) is 9.41. The van der Waals surface area contributed by atoms with Crippen molar-refractivity contribution < 1.29 is 18.0 Å². The average molecular weight is 671 g/mol. The zero-order valence-electron chi connectivity index (χ0n) is 27.1. The van der Waals surface area contributed by atoms with E-state index in [-0.39, 0.29) is 16.7 Å². The van der Waals surface area contributed by atoms with Gasteiger partial charge in [-0.1, -0.05) is 62.4 Å². The topological polar surface area (TPSA) is 90.0 Å². The lowest BCUT2D eigenvalue weighted by atomic mass is 10.0. The van der Waals surface area contributed by atoms with Crippen molar-refractivity contribution in [1.29, 1.82) is 0 Å². The van der Waals surface area contributed by atoms with E-state index in [9.17, 15) is 18.0 Å².